The third-order valence-electron chi connectivity index (χ3n) is 8.31. The minimum Gasteiger partial charge on any atom is -0.481 e. The smallest absolute Gasteiger partial charge is 0.307 e. The zero-order valence-electron chi connectivity index (χ0n) is 14.2. The predicted octanol–water partition coefficient (Wildman–Crippen LogP) is 0.819. The maximum Gasteiger partial charge on any atom is 0.307 e. The molecule has 0 radical (unpaired) electrons. The Balaban J connectivity index is 1.77. The van der Waals surface area contributed by atoms with Crippen molar-refractivity contribution >= 4 is 5.97 Å². The lowest BCUT2D eigenvalue weighted by Gasteiger charge is -2.45. The standard InChI is InChI=1S/C19H24O6/c1-9-7-17-8-18(9,24)5-3-10(17)19-6-4-11(20)16(2,15(23)25-19)13(19)12(17)14(21)22/h4,6,10-13,15,20,23-24H,1,3,5,7-8H2,2H3,(H,21,22)/t10?,11?,12?,13?,15?,16?,17?,18-,19?/m0/s1. The van der Waals surface area contributed by atoms with Crippen LogP contribution >= 0.6 is 0 Å². The van der Waals surface area contributed by atoms with E-state index in [4.69, 9.17) is 4.74 Å². The molecule has 1 saturated heterocycles. The van der Waals surface area contributed by atoms with Gasteiger partial charge in [0.25, 0.3) is 0 Å². The number of hydrogen-bond acceptors (Lipinski definition) is 5. The van der Waals surface area contributed by atoms with Crippen molar-refractivity contribution in [2.24, 2.45) is 28.6 Å². The molecule has 9 atom stereocenters. The maximum absolute atomic E-state index is 12.4. The third kappa shape index (κ3) is 1.44. The number of carbonyl (C=O) groups is 1. The van der Waals surface area contributed by atoms with Crippen molar-refractivity contribution in [3.05, 3.63) is 24.3 Å². The summed E-state index contributed by atoms with van der Waals surface area (Å²) in [6.07, 6.45) is 3.25. The summed E-state index contributed by atoms with van der Waals surface area (Å²) in [7, 11) is 0. The van der Waals surface area contributed by atoms with Gasteiger partial charge in [-0.3, -0.25) is 4.79 Å². The summed E-state index contributed by atoms with van der Waals surface area (Å²) in [6, 6.07) is 0. The van der Waals surface area contributed by atoms with Gasteiger partial charge in [-0.2, -0.15) is 0 Å². The van der Waals surface area contributed by atoms with Crippen LogP contribution in [0.4, 0.5) is 0 Å². The van der Waals surface area contributed by atoms with Gasteiger partial charge in [0.05, 0.1) is 28.6 Å². The summed E-state index contributed by atoms with van der Waals surface area (Å²) >= 11 is 0. The first kappa shape index (κ1) is 16.0. The van der Waals surface area contributed by atoms with E-state index in [1.165, 1.54) is 0 Å². The monoisotopic (exact) mass is 348 g/mol. The summed E-state index contributed by atoms with van der Waals surface area (Å²) < 4.78 is 6.07. The Bertz CT molecular complexity index is 731. The Hall–Kier alpha value is -1.21. The highest BCUT2D eigenvalue weighted by molar-refractivity contribution is 5.74. The van der Waals surface area contributed by atoms with Crippen molar-refractivity contribution in [1.29, 1.82) is 0 Å². The fraction of sp³-hybridized carbons (Fsp3) is 0.737. The Morgan fingerprint density at radius 3 is 2.80 bits per heavy atom. The Kier molecular flexibility index (Phi) is 2.68. The summed E-state index contributed by atoms with van der Waals surface area (Å²) in [4.78, 5) is 12.4. The van der Waals surface area contributed by atoms with E-state index in [0.29, 0.717) is 31.3 Å². The number of hydrogen-bond donors (Lipinski definition) is 4. The van der Waals surface area contributed by atoms with Crippen LogP contribution in [0.25, 0.3) is 0 Å². The molecule has 4 bridgehead atoms. The van der Waals surface area contributed by atoms with Crippen LogP contribution in [-0.2, 0) is 9.53 Å². The molecule has 5 aliphatic rings. The molecule has 8 unspecified atom stereocenters. The molecular weight excluding hydrogens is 324 g/mol. The molecule has 4 aliphatic carbocycles. The predicted molar refractivity (Wildman–Crippen MR) is 86.2 cm³/mol. The second kappa shape index (κ2) is 4.19. The van der Waals surface area contributed by atoms with Gasteiger partial charge in [-0.1, -0.05) is 25.7 Å². The van der Waals surface area contributed by atoms with Gasteiger partial charge in [-0.05, 0) is 42.6 Å². The van der Waals surface area contributed by atoms with E-state index in [1.54, 1.807) is 19.1 Å². The molecular formula is C19H24O6. The van der Waals surface area contributed by atoms with Gasteiger partial charge in [0.1, 0.15) is 0 Å². The minimum atomic E-state index is -1.22. The average Bonchev–Trinajstić information content (AvgIpc) is 2.95. The number of aliphatic hydroxyl groups excluding tert-OH is 2. The number of fused-ring (bicyclic) bond motifs is 1. The topological polar surface area (TPSA) is 107 Å². The second-order valence-electron chi connectivity index (χ2n) is 9.10. The van der Waals surface area contributed by atoms with Crippen LogP contribution in [0.5, 0.6) is 0 Å². The number of aliphatic hydroxyl groups is 3. The first-order chi connectivity index (χ1) is 11.6. The molecule has 0 aromatic carbocycles. The van der Waals surface area contributed by atoms with Crippen LogP contribution in [0.1, 0.15) is 32.6 Å². The molecule has 1 spiro atoms. The van der Waals surface area contributed by atoms with Gasteiger partial charge in [-0.15, -0.1) is 0 Å². The average molecular weight is 348 g/mol. The molecule has 1 heterocycles. The molecule has 0 aromatic rings. The van der Waals surface area contributed by atoms with Gasteiger partial charge in [0.15, 0.2) is 6.29 Å². The van der Waals surface area contributed by atoms with Crippen molar-refractivity contribution in [2.45, 2.75) is 56.2 Å². The lowest BCUT2D eigenvalue weighted by Crippen LogP contribution is -2.51. The molecule has 0 amide bonds. The highest BCUT2D eigenvalue weighted by Gasteiger charge is 2.82. The molecule has 3 saturated carbocycles. The van der Waals surface area contributed by atoms with Gasteiger partial charge >= 0.3 is 5.97 Å². The lowest BCUT2D eigenvalue weighted by atomic mass is 9.60. The van der Waals surface area contributed by atoms with Crippen molar-refractivity contribution < 1.29 is 30.0 Å². The highest BCUT2D eigenvalue weighted by Crippen LogP contribution is 2.77. The summed E-state index contributed by atoms with van der Waals surface area (Å²) in [5, 5.41) is 42.3. The summed E-state index contributed by atoms with van der Waals surface area (Å²) in [5.74, 6) is -2.40. The first-order valence-corrected chi connectivity index (χ1v) is 8.99. The number of aliphatic carboxylic acids is 1. The van der Waals surface area contributed by atoms with E-state index in [-0.39, 0.29) is 5.92 Å². The van der Waals surface area contributed by atoms with Gasteiger partial charge in [0.2, 0.25) is 0 Å². The fourth-order valence-corrected chi connectivity index (χ4v) is 7.30. The molecule has 25 heavy (non-hydrogen) atoms. The quantitative estimate of drug-likeness (QED) is 0.523. The fourth-order valence-electron chi connectivity index (χ4n) is 7.30. The van der Waals surface area contributed by atoms with E-state index in [0.717, 1.165) is 0 Å². The molecule has 1 aliphatic heterocycles. The third-order valence-corrected chi connectivity index (χ3v) is 8.31. The Labute approximate surface area is 145 Å². The molecule has 6 heteroatoms. The number of carboxylic acid groups (broad SMARTS) is 1. The van der Waals surface area contributed by atoms with Crippen LogP contribution in [0.3, 0.4) is 0 Å². The van der Waals surface area contributed by atoms with E-state index < -0.39 is 52.2 Å². The Morgan fingerprint density at radius 1 is 1.40 bits per heavy atom. The van der Waals surface area contributed by atoms with Crippen LogP contribution in [-0.4, -0.2) is 50.0 Å². The van der Waals surface area contributed by atoms with Gasteiger partial charge in [-0.25, -0.2) is 0 Å². The normalized spacial score (nSPS) is 61.3. The highest BCUT2D eigenvalue weighted by atomic mass is 16.6. The van der Waals surface area contributed by atoms with Crippen molar-refractivity contribution in [1.82, 2.24) is 0 Å². The number of carboxylic acids is 1. The minimum absolute atomic E-state index is 0.120. The van der Waals surface area contributed by atoms with Crippen LogP contribution in [0.2, 0.25) is 0 Å². The molecule has 6 nitrogen and oxygen atoms in total. The van der Waals surface area contributed by atoms with E-state index >= 15 is 0 Å². The lowest BCUT2D eigenvalue weighted by molar-refractivity contribution is -0.191. The van der Waals surface area contributed by atoms with Crippen LogP contribution in [0.15, 0.2) is 24.3 Å². The van der Waals surface area contributed by atoms with E-state index in [1.807, 2.05) is 0 Å². The van der Waals surface area contributed by atoms with Gasteiger partial charge in [0, 0.05) is 5.92 Å². The van der Waals surface area contributed by atoms with Gasteiger partial charge < -0.3 is 25.2 Å². The maximum atomic E-state index is 12.4. The zero-order chi connectivity index (χ0) is 18.0. The van der Waals surface area contributed by atoms with Crippen LogP contribution < -0.4 is 0 Å². The molecule has 4 fully saturated rings. The van der Waals surface area contributed by atoms with Crippen LogP contribution in [0, 0.1) is 28.6 Å². The van der Waals surface area contributed by atoms with Crippen molar-refractivity contribution in [3.8, 4) is 0 Å². The molecule has 5 rings (SSSR count). The molecule has 0 aromatic heterocycles. The van der Waals surface area contributed by atoms with E-state index in [2.05, 4.69) is 6.58 Å². The number of rotatable bonds is 1. The van der Waals surface area contributed by atoms with E-state index in [9.17, 15) is 25.2 Å². The molecule has 136 valence electrons. The summed E-state index contributed by atoms with van der Waals surface area (Å²) in [6.45, 7) is 5.76. The number of ether oxygens (including phenoxy) is 1. The first-order valence-electron chi connectivity index (χ1n) is 8.99. The SMILES string of the molecule is C=C1CC23C[C@@]1(O)CCC2C12C=CC(O)C(C)(C(O)O1)C2C3C(=O)O. The zero-order valence-corrected chi connectivity index (χ0v) is 14.2. The largest absolute Gasteiger partial charge is 0.481 e. The second-order valence-corrected chi connectivity index (χ2v) is 9.10. The Morgan fingerprint density at radius 2 is 2.12 bits per heavy atom. The molecule has 4 N–H and O–H groups in total. The van der Waals surface area contributed by atoms with Crippen molar-refractivity contribution in [3.63, 3.8) is 0 Å². The van der Waals surface area contributed by atoms with Crippen molar-refractivity contribution in [2.75, 3.05) is 0 Å². The summed E-state index contributed by atoms with van der Waals surface area (Å²) in [5.41, 5.74) is -2.91.